The number of amides is 1. The van der Waals surface area contributed by atoms with E-state index in [1.54, 1.807) is 13.2 Å². The van der Waals surface area contributed by atoms with E-state index in [1.807, 2.05) is 47.5 Å². The second kappa shape index (κ2) is 10.4. The molecule has 2 heterocycles. The summed E-state index contributed by atoms with van der Waals surface area (Å²) >= 11 is 0. The van der Waals surface area contributed by atoms with Gasteiger partial charge in [-0.05, 0) is 24.5 Å². The van der Waals surface area contributed by atoms with E-state index in [1.165, 1.54) is 0 Å². The van der Waals surface area contributed by atoms with Crippen molar-refractivity contribution < 1.29 is 19.0 Å². The van der Waals surface area contributed by atoms with E-state index >= 15 is 0 Å². The molecule has 4 rings (SSSR count). The maximum atomic E-state index is 13.6. The fourth-order valence-corrected chi connectivity index (χ4v) is 4.60. The van der Waals surface area contributed by atoms with Crippen molar-refractivity contribution in [2.45, 2.75) is 64.2 Å². The SMILES string of the molecule is CCCCCOC1(CC)C[C@H]2C=Nc3cc(OCc4ccccc4)c(OC)cc3C(=O)N2C1. The molecular formula is C27H34N2O4. The highest BCUT2D eigenvalue weighted by molar-refractivity contribution is 6.03. The van der Waals surface area contributed by atoms with Crippen LogP contribution in [0.15, 0.2) is 47.5 Å². The maximum absolute atomic E-state index is 13.6. The molecule has 2 aromatic carbocycles. The Morgan fingerprint density at radius 1 is 1.12 bits per heavy atom. The molecule has 6 nitrogen and oxygen atoms in total. The molecule has 2 aromatic rings. The standard InChI is InChI=1S/C27H34N2O4/c1-4-6-10-13-33-27(5-2)16-21-17-28-23-15-25(32-18-20-11-8-7-9-12-20)24(31-3)14-22(23)26(30)29(21)19-27/h7-9,11-12,14-15,17,21H,4-6,10,13,16,18-19H2,1-3H3/t21-,27?/m0/s1. The summed E-state index contributed by atoms with van der Waals surface area (Å²) in [5.41, 5.74) is 1.91. The van der Waals surface area contributed by atoms with Crippen LogP contribution < -0.4 is 9.47 Å². The number of carbonyl (C=O) groups is 1. The molecule has 1 amide bonds. The Kier molecular flexibility index (Phi) is 7.33. The Bertz CT molecular complexity index is 991. The van der Waals surface area contributed by atoms with Crippen molar-refractivity contribution in [3.8, 4) is 11.5 Å². The number of methoxy groups -OCH3 is 1. The topological polar surface area (TPSA) is 60.4 Å². The zero-order chi connectivity index (χ0) is 23.3. The maximum Gasteiger partial charge on any atom is 0.256 e. The van der Waals surface area contributed by atoms with Gasteiger partial charge in [0, 0.05) is 25.3 Å². The Balaban J connectivity index is 1.54. The number of hydrogen-bond donors (Lipinski definition) is 0. The fraction of sp³-hybridized carbons (Fsp3) is 0.481. The van der Waals surface area contributed by atoms with Gasteiger partial charge in [0.2, 0.25) is 0 Å². The van der Waals surface area contributed by atoms with Gasteiger partial charge in [-0.15, -0.1) is 0 Å². The van der Waals surface area contributed by atoms with Crippen molar-refractivity contribution >= 4 is 17.8 Å². The van der Waals surface area contributed by atoms with Gasteiger partial charge in [0.05, 0.1) is 36.5 Å². The summed E-state index contributed by atoms with van der Waals surface area (Å²) in [5.74, 6) is 1.07. The highest BCUT2D eigenvalue weighted by Crippen LogP contribution is 2.41. The number of carbonyl (C=O) groups excluding carboxylic acids is 1. The molecule has 1 unspecified atom stereocenters. The smallest absolute Gasteiger partial charge is 0.256 e. The van der Waals surface area contributed by atoms with E-state index < -0.39 is 0 Å². The molecule has 2 aliphatic rings. The first-order chi connectivity index (χ1) is 16.1. The number of aliphatic imine (C=N–C) groups is 1. The van der Waals surface area contributed by atoms with Crippen LogP contribution in [0.1, 0.15) is 61.9 Å². The van der Waals surface area contributed by atoms with Crippen molar-refractivity contribution in [2.75, 3.05) is 20.3 Å². The minimum Gasteiger partial charge on any atom is -0.493 e. The van der Waals surface area contributed by atoms with Gasteiger partial charge in [-0.3, -0.25) is 9.79 Å². The molecule has 0 bridgehead atoms. The Morgan fingerprint density at radius 2 is 1.94 bits per heavy atom. The monoisotopic (exact) mass is 450 g/mol. The normalized spacial score (nSPS) is 21.5. The summed E-state index contributed by atoms with van der Waals surface area (Å²) in [6.07, 6.45) is 6.91. The van der Waals surface area contributed by atoms with Crippen LogP contribution in [0, 0.1) is 0 Å². The molecule has 2 atom stereocenters. The van der Waals surface area contributed by atoms with E-state index in [2.05, 4.69) is 13.8 Å². The van der Waals surface area contributed by atoms with Crippen LogP contribution in [0.5, 0.6) is 11.5 Å². The second-order valence-corrected chi connectivity index (χ2v) is 8.87. The number of unbranched alkanes of at least 4 members (excludes halogenated alkanes) is 2. The number of hydrogen-bond acceptors (Lipinski definition) is 5. The quantitative estimate of drug-likeness (QED) is 0.445. The van der Waals surface area contributed by atoms with Crippen molar-refractivity contribution in [2.24, 2.45) is 4.99 Å². The van der Waals surface area contributed by atoms with Gasteiger partial charge in [-0.25, -0.2) is 0 Å². The van der Waals surface area contributed by atoms with Crippen molar-refractivity contribution in [3.05, 3.63) is 53.6 Å². The highest BCUT2D eigenvalue weighted by Gasteiger charge is 2.46. The van der Waals surface area contributed by atoms with Gasteiger partial charge >= 0.3 is 0 Å². The van der Waals surface area contributed by atoms with Gasteiger partial charge in [0.1, 0.15) is 6.61 Å². The summed E-state index contributed by atoms with van der Waals surface area (Å²) in [4.78, 5) is 20.2. The predicted molar refractivity (Wildman–Crippen MR) is 130 cm³/mol. The van der Waals surface area contributed by atoms with E-state index in [-0.39, 0.29) is 17.6 Å². The van der Waals surface area contributed by atoms with Crippen LogP contribution >= 0.6 is 0 Å². The Labute approximate surface area is 196 Å². The largest absolute Gasteiger partial charge is 0.493 e. The first-order valence-electron chi connectivity index (χ1n) is 12.0. The number of nitrogens with zero attached hydrogens (tertiary/aromatic N) is 2. The third-order valence-electron chi connectivity index (χ3n) is 6.64. The van der Waals surface area contributed by atoms with Crippen LogP contribution in [-0.2, 0) is 11.3 Å². The lowest BCUT2D eigenvalue weighted by Crippen LogP contribution is -2.39. The Morgan fingerprint density at radius 3 is 2.67 bits per heavy atom. The third kappa shape index (κ3) is 5.06. The highest BCUT2D eigenvalue weighted by atomic mass is 16.5. The first kappa shape index (κ1) is 23.3. The van der Waals surface area contributed by atoms with E-state index in [0.717, 1.165) is 44.3 Å². The van der Waals surface area contributed by atoms with Crippen molar-refractivity contribution in [3.63, 3.8) is 0 Å². The summed E-state index contributed by atoms with van der Waals surface area (Å²) in [5, 5.41) is 0. The zero-order valence-electron chi connectivity index (χ0n) is 19.9. The number of benzene rings is 2. The molecule has 1 fully saturated rings. The first-order valence-corrected chi connectivity index (χ1v) is 12.0. The molecule has 1 saturated heterocycles. The average molecular weight is 451 g/mol. The summed E-state index contributed by atoms with van der Waals surface area (Å²) in [6, 6.07) is 13.4. The van der Waals surface area contributed by atoms with Crippen LogP contribution in [0.3, 0.4) is 0 Å². The minimum absolute atomic E-state index is 0.0344. The number of fused-ring (bicyclic) bond motifs is 2. The van der Waals surface area contributed by atoms with Gasteiger partial charge < -0.3 is 19.1 Å². The minimum atomic E-state index is -0.305. The molecule has 176 valence electrons. The summed E-state index contributed by atoms with van der Waals surface area (Å²) < 4.78 is 17.9. The fourth-order valence-electron chi connectivity index (χ4n) is 4.60. The average Bonchev–Trinajstić information content (AvgIpc) is 3.18. The van der Waals surface area contributed by atoms with E-state index in [9.17, 15) is 4.79 Å². The van der Waals surface area contributed by atoms with E-state index in [0.29, 0.717) is 35.9 Å². The van der Waals surface area contributed by atoms with Gasteiger partial charge in [0.15, 0.2) is 11.5 Å². The lowest BCUT2D eigenvalue weighted by molar-refractivity contribution is -0.0405. The zero-order valence-corrected chi connectivity index (χ0v) is 19.9. The van der Waals surface area contributed by atoms with Crippen molar-refractivity contribution in [1.29, 1.82) is 0 Å². The third-order valence-corrected chi connectivity index (χ3v) is 6.64. The van der Waals surface area contributed by atoms with Crippen LogP contribution in [0.2, 0.25) is 0 Å². The van der Waals surface area contributed by atoms with Crippen LogP contribution in [0.25, 0.3) is 0 Å². The predicted octanol–water partition coefficient (Wildman–Crippen LogP) is 5.56. The molecular weight excluding hydrogens is 416 g/mol. The summed E-state index contributed by atoms with van der Waals surface area (Å²) in [7, 11) is 1.59. The summed E-state index contributed by atoms with van der Waals surface area (Å²) in [6.45, 7) is 6.06. The van der Waals surface area contributed by atoms with Crippen molar-refractivity contribution in [1.82, 2.24) is 4.90 Å². The van der Waals surface area contributed by atoms with Crippen LogP contribution in [0.4, 0.5) is 5.69 Å². The molecule has 0 aliphatic carbocycles. The molecule has 0 aromatic heterocycles. The lowest BCUT2D eigenvalue weighted by Gasteiger charge is -2.28. The number of ether oxygens (including phenoxy) is 3. The van der Waals surface area contributed by atoms with Gasteiger partial charge in [0.25, 0.3) is 5.91 Å². The van der Waals surface area contributed by atoms with Crippen LogP contribution in [-0.4, -0.2) is 48.9 Å². The molecule has 0 saturated carbocycles. The molecule has 0 radical (unpaired) electrons. The Hall–Kier alpha value is -2.86. The number of rotatable bonds is 10. The molecule has 2 aliphatic heterocycles. The molecule has 0 spiro atoms. The van der Waals surface area contributed by atoms with E-state index in [4.69, 9.17) is 19.2 Å². The van der Waals surface area contributed by atoms with Gasteiger partial charge in [-0.1, -0.05) is 57.0 Å². The second-order valence-electron chi connectivity index (χ2n) is 8.87. The molecule has 33 heavy (non-hydrogen) atoms. The lowest BCUT2D eigenvalue weighted by atomic mass is 9.97. The molecule has 6 heteroatoms. The van der Waals surface area contributed by atoms with Gasteiger partial charge in [-0.2, -0.15) is 0 Å². The molecule has 0 N–H and O–H groups in total.